The molecular weight excluding hydrogens is 277 g/mol. The van der Waals surface area contributed by atoms with Crippen molar-refractivity contribution in [3.63, 3.8) is 0 Å². The van der Waals surface area contributed by atoms with Crippen molar-refractivity contribution in [3.8, 4) is 11.8 Å². The van der Waals surface area contributed by atoms with Crippen molar-refractivity contribution in [1.29, 1.82) is 0 Å². The zero-order chi connectivity index (χ0) is 14.1. The topological polar surface area (TPSA) is 29.5 Å². The van der Waals surface area contributed by atoms with E-state index in [1.165, 1.54) is 11.3 Å². The number of alkyl halides is 3. The van der Waals surface area contributed by atoms with Gasteiger partial charge >= 0.3 is 6.18 Å². The highest BCUT2D eigenvalue weighted by molar-refractivity contribution is 7.10. The SMILES string of the molecule is OCCC#Cc1ccsc1COCCCC(F)(F)F. The minimum atomic E-state index is -4.12. The van der Waals surface area contributed by atoms with Crippen LogP contribution in [0, 0.1) is 11.8 Å². The van der Waals surface area contributed by atoms with Crippen LogP contribution < -0.4 is 0 Å². The molecule has 0 spiro atoms. The van der Waals surface area contributed by atoms with Gasteiger partial charge < -0.3 is 9.84 Å². The largest absolute Gasteiger partial charge is 0.395 e. The lowest BCUT2D eigenvalue weighted by atomic mass is 10.2. The maximum atomic E-state index is 11.9. The molecule has 19 heavy (non-hydrogen) atoms. The maximum Gasteiger partial charge on any atom is 0.389 e. The first-order valence-corrected chi connectivity index (χ1v) is 6.71. The Morgan fingerprint density at radius 1 is 1.37 bits per heavy atom. The average molecular weight is 292 g/mol. The van der Waals surface area contributed by atoms with Crippen molar-refractivity contribution < 1.29 is 23.0 Å². The second-order valence-corrected chi connectivity index (χ2v) is 4.80. The van der Waals surface area contributed by atoms with Crippen LogP contribution in [0.2, 0.25) is 0 Å². The Morgan fingerprint density at radius 2 is 2.16 bits per heavy atom. The first kappa shape index (κ1) is 16.0. The molecule has 0 unspecified atom stereocenters. The molecule has 1 N–H and O–H groups in total. The normalized spacial score (nSPS) is 11.2. The van der Waals surface area contributed by atoms with Gasteiger partial charge in [0.2, 0.25) is 0 Å². The first-order chi connectivity index (χ1) is 9.03. The molecular formula is C13H15F3O2S. The highest BCUT2D eigenvalue weighted by Gasteiger charge is 2.25. The zero-order valence-corrected chi connectivity index (χ0v) is 11.1. The van der Waals surface area contributed by atoms with Crippen molar-refractivity contribution in [2.24, 2.45) is 0 Å². The molecule has 2 nitrogen and oxygen atoms in total. The number of hydrogen-bond donors (Lipinski definition) is 1. The molecule has 106 valence electrons. The molecule has 1 aromatic heterocycles. The lowest BCUT2D eigenvalue weighted by Crippen LogP contribution is -2.08. The van der Waals surface area contributed by atoms with E-state index in [9.17, 15) is 13.2 Å². The minimum Gasteiger partial charge on any atom is -0.395 e. The van der Waals surface area contributed by atoms with Gasteiger partial charge in [-0.1, -0.05) is 11.8 Å². The number of aliphatic hydroxyl groups excluding tert-OH is 1. The van der Waals surface area contributed by atoms with Gasteiger partial charge in [-0.05, 0) is 17.9 Å². The Balaban J connectivity index is 2.30. The summed E-state index contributed by atoms with van der Waals surface area (Å²) in [7, 11) is 0. The van der Waals surface area contributed by atoms with E-state index in [4.69, 9.17) is 9.84 Å². The fourth-order valence-electron chi connectivity index (χ4n) is 1.32. The predicted octanol–water partition coefficient (Wildman–Crippen LogP) is 3.34. The van der Waals surface area contributed by atoms with Gasteiger partial charge in [0.1, 0.15) is 0 Å². The van der Waals surface area contributed by atoms with Crippen LogP contribution in [0.25, 0.3) is 0 Å². The van der Waals surface area contributed by atoms with Gasteiger partial charge in [-0.2, -0.15) is 13.2 Å². The van der Waals surface area contributed by atoms with E-state index < -0.39 is 12.6 Å². The van der Waals surface area contributed by atoms with Gasteiger partial charge in [0.05, 0.1) is 13.2 Å². The molecule has 0 aliphatic heterocycles. The molecule has 0 aromatic carbocycles. The molecule has 0 aliphatic rings. The molecule has 6 heteroatoms. The van der Waals surface area contributed by atoms with Crippen LogP contribution in [0.15, 0.2) is 11.4 Å². The van der Waals surface area contributed by atoms with E-state index in [2.05, 4.69) is 11.8 Å². The van der Waals surface area contributed by atoms with E-state index in [0.29, 0.717) is 6.42 Å². The number of halogens is 3. The molecule has 1 aromatic rings. The number of aliphatic hydroxyl groups is 1. The van der Waals surface area contributed by atoms with E-state index >= 15 is 0 Å². The van der Waals surface area contributed by atoms with Gasteiger partial charge in [-0.15, -0.1) is 11.3 Å². The van der Waals surface area contributed by atoms with E-state index in [1.807, 2.05) is 11.4 Å². The summed E-state index contributed by atoms with van der Waals surface area (Å²) in [5.41, 5.74) is 0.814. The third-order valence-electron chi connectivity index (χ3n) is 2.19. The lowest BCUT2D eigenvalue weighted by molar-refractivity contribution is -0.138. The van der Waals surface area contributed by atoms with Crippen LogP contribution in [0.1, 0.15) is 29.7 Å². The lowest BCUT2D eigenvalue weighted by Gasteiger charge is -2.06. The first-order valence-electron chi connectivity index (χ1n) is 5.83. The Morgan fingerprint density at radius 3 is 2.84 bits per heavy atom. The molecule has 0 fully saturated rings. The second-order valence-electron chi connectivity index (χ2n) is 3.80. The Bertz CT molecular complexity index is 429. The molecule has 0 radical (unpaired) electrons. The van der Waals surface area contributed by atoms with Gasteiger partial charge in [-0.25, -0.2) is 0 Å². The Kier molecular flexibility index (Phi) is 6.92. The summed E-state index contributed by atoms with van der Waals surface area (Å²) in [6.07, 6.45) is -4.56. The van der Waals surface area contributed by atoms with Gasteiger partial charge in [0.15, 0.2) is 0 Å². The monoisotopic (exact) mass is 292 g/mol. The molecule has 0 bridgehead atoms. The summed E-state index contributed by atoms with van der Waals surface area (Å²) in [5, 5.41) is 10.5. The third kappa shape index (κ3) is 7.21. The molecule has 0 atom stereocenters. The van der Waals surface area contributed by atoms with Crippen LogP contribution in [-0.2, 0) is 11.3 Å². The van der Waals surface area contributed by atoms with Crippen molar-refractivity contribution in [2.45, 2.75) is 32.0 Å². The van der Waals surface area contributed by atoms with E-state index in [0.717, 1.165) is 10.4 Å². The molecule has 0 saturated carbocycles. The second kappa shape index (κ2) is 8.20. The molecule has 1 rings (SSSR count). The third-order valence-corrected chi connectivity index (χ3v) is 3.08. The molecule has 0 aliphatic carbocycles. The standard InChI is InChI=1S/C13H15F3O2S/c14-13(15,16)6-3-8-18-10-12-11(5-9-19-12)4-1-2-7-17/h5,9,17H,2-3,6-8,10H2. The van der Waals surface area contributed by atoms with Crippen LogP contribution in [0.5, 0.6) is 0 Å². The van der Waals surface area contributed by atoms with Crippen molar-refractivity contribution in [2.75, 3.05) is 13.2 Å². The van der Waals surface area contributed by atoms with E-state index in [1.54, 1.807) is 0 Å². The highest BCUT2D eigenvalue weighted by atomic mass is 32.1. The number of thiophene rings is 1. The van der Waals surface area contributed by atoms with Crippen LogP contribution in [0.4, 0.5) is 13.2 Å². The zero-order valence-electron chi connectivity index (χ0n) is 10.3. The van der Waals surface area contributed by atoms with Gasteiger partial charge in [0, 0.05) is 29.9 Å². The maximum absolute atomic E-state index is 11.9. The quantitative estimate of drug-likeness (QED) is 0.643. The molecule has 0 saturated heterocycles. The molecule has 0 amide bonds. The summed E-state index contributed by atoms with van der Waals surface area (Å²) >= 11 is 1.46. The summed E-state index contributed by atoms with van der Waals surface area (Å²) in [4.78, 5) is 0.900. The van der Waals surface area contributed by atoms with Gasteiger partial charge in [0.25, 0.3) is 0 Å². The van der Waals surface area contributed by atoms with Crippen LogP contribution >= 0.6 is 11.3 Å². The Labute approximate surface area is 114 Å². The van der Waals surface area contributed by atoms with Gasteiger partial charge in [-0.3, -0.25) is 0 Å². The summed E-state index contributed by atoms with van der Waals surface area (Å²) in [6, 6.07) is 1.84. The van der Waals surface area contributed by atoms with Crippen LogP contribution in [-0.4, -0.2) is 24.5 Å². The predicted molar refractivity (Wildman–Crippen MR) is 67.8 cm³/mol. The number of ether oxygens (including phenoxy) is 1. The number of hydrogen-bond acceptors (Lipinski definition) is 3. The summed E-state index contributed by atoms with van der Waals surface area (Å²) in [6.45, 7) is 0.375. The van der Waals surface area contributed by atoms with Crippen molar-refractivity contribution in [1.82, 2.24) is 0 Å². The van der Waals surface area contributed by atoms with E-state index in [-0.39, 0.29) is 26.2 Å². The number of rotatable bonds is 6. The summed E-state index contributed by atoms with van der Waals surface area (Å²) in [5.74, 6) is 5.70. The fraction of sp³-hybridized carbons (Fsp3) is 0.538. The fourth-order valence-corrected chi connectivity index (χ4v) is 2.08. The average Bonchev–Trinajstić information content (AvgIpc) is 2.75. The van der Waals surface area contributed by atoms with Crippen LogP contribution in [0.3, 0.4) is 0 Å². The summed E-state index contributed by atoms with van der Waals surface area (Å²) < 4.78 is 40.9. The Hall–Kier alpha value is -1.03. The highest BCUT2D eigenvalue weighted by Crippen LogP contribution is 2.22. The van der Waals surface area contributed by atoms with Crippen molar-refractivity contribution in [3.05, 3.63) is 21.9 Å². The minimum absolute atomic E-state index is 0.0143. The molecule has 1 heterocycles. The van der Waals surface area contributed by atoms with Crippen molar-refractivity contribution >= 4 is 11.3 Å². The smallest absolute Gasteiger partial charge is 0.389 e.